The van der Waals surface area contributed by atoms with E-state index < -0.39 is 5.54 Å². The molecule has 2 unspecified atom stereocenters. The third-order valence-corrected chi connectivity index (χ3v) is 3.90. The van der Waals surface area contributed by atoms with Gasteiger partial charge in [0.05, 0.1) is 12.6 Å². The van der Waals surface area contributed by atoms with Crippen molar-refractivity contribution >= 4 is 5.91 Å². The van der Waals surface area contributed by atoms with E-state index in [-0.39, 0.29) is 11.8 Å². The van der Waals surface area contributed by atoms with Gasteiger partial charge >= 0.3 is 0 Å². The molecule has 0 aromatic carbocycles. The van der Waals surface area contributed by atoms with Crippen LogP contribution in [0.2, 0.25) is 0 Å². The Labute approximate surface area is 109 Å². The molecule has 0 spiro atoms. The summed E-state index contributed by atoms with van der Waals surface area (Å²) in [4.78, 5) is 14.1. The lowest BCUT2D eigenvalue weighted by Crippen LogP contribution is -2.52. The molecule has 1 rings (SSSR count). The summed E-state index contributed by atoms with van der Waals surface area (Å²) >= 11 is 0. The van der Waals surface area contributed by atoms with Crippen molar-refractivity contribution in [2.75, 3.05) is 19.6 Å². The minimum absolute atomic E-state index is 0.0790. The molecule has 1 aliphatic rings. The van der Waals surface area contributed by atoms with E-state index in [2.05, 4.69) is 16.3 Å². The topological polar surface area (TPSA) is 82.2 Å². The highest BCUT2D eigenvalue weighted by atomic mass is 16.2. The maximum atomic E-state index is 12.0. The number of nitrogens with one attached hydrogen (secondary N) is 1. The minimum Gasteiger partial charge on any atom is -0.337 e. The first-order chi connectivity index (χ1) is 8.42. The summed E-state index contributed by atoms with van der Waals surface area (Å²) in [6.07, 6.45) is 2.15. The lowest BCUT2D eigenvalue weighted by atomic mass is 9.90. The highest BCUT2D eigenvalue weighted by molar-refractivity contribution is 5.79. The number of rotatable bonds is 5. The van der Waals surface area contributed by atoms with Gasteiger partial charge in [-0.15, -0.1) is 0 Å². The molecule has 1 amide bonds. The maximum absolute atomic E-state index is 12.0. The van der Waals surface area contributed by atoms with Gasteiger partial charge < -0.3 is 11.1 Å². The van der Waals surface area contributed by atoms with Crippen molar-refractivity contribution < 1.29 is 4.79 Å². The first-order valence-corrected chi connectivity index (χ1v) is 6.59. The fourth-order valence-electron chi connectivity index (χ4n) is 2.19. The Morgan fingerprint density at radius 2 is 2.33 bits per heavy atom. The molecule has 0 aliphatic carbocycles. The fourth-order valence-corrected chi connectivity index (χ4v) is 2.19. The second kappa shape index (κ2) is 6.17. The van der Waals surface area contributed by atoms with Gasteiger partial charge in [-0.05, 0) is 32.2 Å². The molecule has 1 heterocycles. The molecule has 0 aromatic heterocycles. The molecule has 1 aliphatic heterocycles. The first-order valence-electron chi connectivity index (χ1n) is 6.59. The SMILES string of the molecule is CC(C)C(C)(C#N)NC(=O)CN1CCCC1CN. The summed E-state index contributed by atoms with van der Waals surface area (Å²) in [6.45, 7) is 7.48. The highest BCUT2D eigenvalue weighted by Gasteiger charge is 2.32. The first kappa shape index (κ1) is 14.9. The van der Waals surface area contributed by atoms with Crippen molar-refractivity contribution in [1.29, 1.82) is 5.26 Å². The lowest BCUT2D eigenvalue weighted by molar-refractivity contribution is -0.124. The minimum atomic E-state index is -0.797. The second-order valence-corrected chi connectivity index (χ2v) is 5.52. The fraction of sp³-hybridized carbons (Fsp3) is 0.846. The number of nitrogens with zero attached hydrogens (tertiary/aromatic N) is 2. The van der Waals surface area contributed by atoms with Crippen molar-refractivity contribution in [3.63, 3.8) is 0 Å². The van der Waals surface area contributed by atoms with Gasteiger partial charge in [-0.25, -0.2) is 0 Å². The number of nitrogens with two attached hydrogens (primary N) is 1. The monoisotopic (exact) mass is 252 g/mol. The van der Waals surface area contributed by atoms with Crippen molar-refractivity contribution in [3.05, 3.63) is 0 Å². The van der Waals surface area contributed by atoms with Crippen LogP contribution in [0.1, 0.15) is 33.6 Å². The van der Waals surface area contributed by atoms with Crippen LogP contribution in [0.3, 0.4) is 0 Å². The van der Waals surface area contributed by atoms with Gasteiger partial charge in [0, 0.05) is 12.6 Å². The predicted octanol–water partition coefficient (Wildman–Crippen LogP) is 0.464. The van der Waals surface area contributed by atoms with E-state index in [1.807, 2.05) is 13.8 Å². The van der Waals surface area contributed by atoms with Crippen molar-refractivity contribution in [2.24, 2.45) is 11.7 Å². The number of carbonyl (C=O) groups is 1. The molecule has 2 atom stereocenters. The van der Waals surface area contributed by atoms with E-state index in [4.69, 9.17) is 11.0 Å². The Bertz CT molecular complexity index is 336. The summed E-state index contributed by atoms with van der Waals surface area (Å²) in [5, 5.41) is 12.0. The molecule has 0 radical (unpaired) electrons. The smallest absolute Gasteiger partial charge is 0.235 e. The highest BCUT2D eigenvalue weighted by Crippen LogP contribution is 2.17. The third-order valence-electron chi connectivity index (χ3n) is 3.90. The molecule has 18 heavy (non-hydrogen) atoms. The van der Waals surface area contributed by atoms with Gasteiger partial charge in [-0.1, -0.05) is 13.8 Å². The molecule has 0 aromatic rings. The number of hydrogen-bond acceptors (Lipinski definition) is 4. The van der Waals surface area contributed by atoms with Crippen LogP contribution in [-0.4, -0.2) is 42.0 Å². The van der Waals surface area contributed by atoms with Gasteiger partial charge in [0.15, 0.2) is 0 Å². The molecule has 3 N–H and O–H groups in total. The van der Waals surface area contributed by atoms with Crippen molar-refractivity contribution in [1.82, 2.24) is 10.2 Å². The van der Waals surface area contributed by atoms with Gasteiger partial charge in [0.2, 0.25) is 5.91 Å². The molecule has 1 fully saturated rings. The van der Waals surface area contributed by atoms with E-state index >= 15 is 0 Å². The zero-order chi connectivity index (χ0) is 13.8. The van der Waals surface area contributed by atoms with Crippen LogP contribution in [0.15, 0.2) is 0 Å². The zero-order valence-electron chi connectivity index (χ0n) is 11.6. The van der Waals surface area contributed by atoms with Crippen LogP contribution in [0.5, 0.6) is 0 Å². The van der Waals surface area contributed by atoms with Crippen LogP contribution in [-0.2, 0) is 4.79 Å². The molecule has 1 saturated heterocycles. The molecular weight excluding hydrogens is 228 g/mol. The normalized spacial score (nSPS) is 23.7. The Morgan fingerprint density at radius 3 is 2.83 bits per heavy atom. The average Bonchev–Trinajstić information content (AvgIpc) is 2.75. The van der Waals surface area contributed by atoms with E-state index in [1.165, 1.54) is 0 Å². The standard InChI is InChI=1S/C13H24N4O/c1-10(2)13(3,9-15)16-12(18)8-17-6-4-5-11(17)7-14/h10-11H,4-8,14H2,1-3H3,(H,16,18). The number of carbonyl (C=O) groups excluding carboxylic acids is 1. The third kappa shape index (κ3) is 3.44. The largest absolute Gasteiger partial charge is 0.337 e. The van der Waals surface area contributed by atoms with Gasteiger partial charge in [-0.2, -0.15) is 5.26 Å². The Kier molecular flexibility index (Phi) is 5.12. The van der Waals surface area contributed by atoms with Crippen LogP contribution >= 0.6 is 0 Å². The van der Waals surface area contributed by atoms with Gasteiger partial charge in [0.1, 0.15) is 5.54 Å². The predicted molar refractivity (Wildman–Crippen MR) is 70.6 cm³/mol. The van der Waals surface area contributed by atoms with E-state index in [1.54, 1.807) is 6.92 Å². The average molecular weight is 252 g/mol. The van der Waals surface area contributed by atoms with Crippen LogP contribution in [0.4, 0.5) is 0 Å². The maximum Gasteiger partial charge on any atom is 0.235 e. The summed E-state index contributed by atoms with van der Waals surface area (Å²) in [7, 11) is 0. The second-order valence-electron chi connectivity index (χ2n) is 5.52. The molecule has 0 bridgehead atoms. The van der Waals surface area contributed by atoms with Crippen molar-refractivity contribution in [2.45, 2.75) is 45.2 Å². The summed E-state index contributed by atoms with van der Waals surface area (Å²) in [6, 6.07) is 2.49. The number of nitriles is 1. The summed E-state index contributed by atoms with van der Waals surface area (Å²) in [5.41, 5.74) is 4.88. The van der Waals surface area contributed by atoms with E-state index in [0.717, 1.165) is 19.4 Å². The van der Waals surface area contributed by atoms with E-state index in [9.17, 15) is 4.79 Å². The van der Waals surface area contributed by atoms with Crippen LogP contribution < -0.4 is 11.1 Å². The van der Waals surface area contributed by atoms with Gasteiger partial charge in [0.25, 0.3) is 0 Å². The van der Waals surface area contributed by atoms with E-state index in [0.29, 0.717) is 19.1 Å². The van der Waals surface area contributed by atoms with Crippen LogP contribution in [0, 0.1) is 17.2 Å². The Morgan fingerprint density at radius 1 is 1.67 bits per heavy atom. The number of hydrogen-bond donors (Lipinski definition) is 2. The van der Waals surface area contributed by atoms with Gasteiger partial charge in [-0.3, -0.25) is 9.69 Å². The molecule has 0 saturated carbocycles. The zero-order valence-corrected chi connectivity index (χ0v) is 11.6. The molecule has 102 valence electrons. The number of likely N-dealkylation sites (tertiary alicyclic amines) is 1. The Balaban J connectivity index is 2.54. The molecule has 5 heteroatoms. The number of amides is 1. The molecular formula is C13H24N4O. The van der Waals surface area contributed by atoms with Crippen molar-refractivity contribution in [3.8, 4) is 6.07 Å². The summed E-state index contributed by atoms with van der Waals surface area (Å²) in [5.74, 6) is -0.0107. The summed E-state index contributed by atoms with van der Waals surface area (Å²) < 4.78 is 0. The lowest BCUT2D eigenvalue weighted by Gasteiger charge is -2.29. The van der Waals surface area contributed by atoms with Crippen LogP contribution in [0.25, 0.3) is 0 Å². The molecule has 5 nitrogen and oxygen atoms in total. The Hall–Kier alpha value is -1.12. The quantitative estimate of drug-likeness (QED) is 0.745.